The summed E-state index contributed by atoms with van der Waals surface area (Å²) in [6.45, 7) is 3.13. The van der Waals surface area contributed by atoms with E-state index in [4.69, 9.17) is 4.74 Å². The third-order valence-electron chi connectivity index (χ3n) is 4.46. The molecule has 0 spiro atoms. The minimum Gasteiger partial charge on any atom is -0.455 e. The highest BCUT2D eigenvalue weighted by atomic mass is 16.5. The van der Waals surface area contributed by atoms with Gasteiger partial charge >= 0.3 is 0 Å². The van der Waals surface area contributed by atoms with Gasteiger partial charge in [0.1, 0.15) is 5.75 Å². The molecule has 2 aromatic rings. The van der Waals surface area contributed by atoms with Crippen molar-refractivity contribution in [2.24, 2.45) is 0 Å². The fourth-order valence-electron chi connectivity index (χ4n) is 3.35. The molecular weight excluding hydrogens is 260 g/mol. The van der Waals surface area contributed by atoms with Crippen LogP contribution < -0.4 is 15.0 Å². The Morgan fingerprint density at radius 3 is 2.48 bits per heavy atom. The Hall–Kier alpha value is -2.00. The first-order chi connectivity index (χ1) is 10.4. The first-order valence-corrected chi connectivity index (χ1v) is 7.74. The summed E-state index contributed by atoms with van der Waals surface area (Å²) in [7, 11) is 0. The van der Waals surface area contributed by atoms with E-state index in [0.717, 1.165) is 31.1 Å². The lowest BCUT2D eigenvalue weighted by atomic mass is 10.0. The van der Waals surface area contributed by atoms with E-state index in [2.05, 4.69) is 46.6 Å². The number of rotatable bonds is 1. The maximum atomic E-state index is 6.17. The van der Waals surface area contributed by atoms with Crippen molar-refractivity contribution in [2.75, 3.05) is 18.0 Å². The molecule has 108 valence electrons. The Bertz CT molecular complexity index is 635. The van der Waals surface area contributed by atoms with Crippen molar-refractivity contribution in [1.29, 1.82) is 0 Å². The minimum atomic E-state index is 0.585. The lowest BCUT2D eigenvalue weighted by molar-refractivity contribution is 0.428. The maximum Gasteiger partial charge on any atom is 0.150 e. The Morgan fingerprint density at radius 1 is 0.905 bits per heavy atom. The second-order valence-electron chi connectivity index (χ2n) is 5.79. The zero-order valence-electron chi connectivity index (χ0n) is 12.1. The molecule has 3 heteroatoms. The predicted octanol–water partition coefficient (Wildman–Crippen LogP) is 3.55. The first-order valence-electron chi connectivity index (χ1n) is 7.74. The first kappa shape index (κ1) is 12.7. The molecule has 2 aromatic carbocycles. The summed E-state index contributed by atoms with van der Waals surface area (Å²) in [5.41, 5.74) is 2.49. The molecule has 2 aliphatic rings. The molecule has 2 aliphatic heterocycles. The van der Waals surface area contributed by atoms with Gasteiger partial charge in [0.15, 0.2) is 5.75 Å². The van der Waals surface area contributed by atoms with Crippen LogP contribution in [-0.4, -0.2) is 19.1 Å². The molecule has 0 unspecified atom stereocenters. The van der Waals surface area contributed by atoms with Crippen LogP contribution in [0.25, 0.3) is 0 Å². The third kappa shape index (κ3) is 2.38. The average Bonchev–Trinajstić information content (AvgIpc) is 2.72. The summed E-state index contributed by atoms with van der Waals surface area (Å²) in [5.74, 6) is 1.96. The van der Waals surface area contributed by atoms with Gasteiger partial charge in [-0.3, -0.25) is 0 Å². The van der Waals surface area contributed by atoms with Crippen LogP contribution in [0.2, 0.25) is 0 Å². The van der Waals surface area contributed by atoms with E-state index in [9.17, 15) is 0 Å². The van der Waals surface area contributed by atoms with E-state index in [1.54, 1.807) is 0 Å². The lowest BCUT2D eigenvalue weighted by Crippen LogP contribution is -2.42. The van der Waals surface area contributed by atoms with Crippen molar-refractivity contribution in [3.8, 4) is 11.5 Å². The highest BCUT2D eigenvalue weighted by molar-refractivity contribution is 5.63. The molecule has 1 saturated heterocycles. The highest BCUT2D eigenvalue weighted by Crippen LogP contribution is 2.40. The summed E-state index contributed by atoms with van der Waals surface area (Å²) in [6, 6.07) is 17.4. The van der Waals surface area contributed by atoms with E-state index in [0.29, 0.717) is 6.04 Å². The standard InChI is InChI=1S/C18H20N2O/c1-3-7-17-14(5-1)13-20(15-9-11-19-12-10-15)16-6-2-4-8-18(16)21-17/h1-8,15,19H,9-13H2. The topological polar surface area (TPSA) is 24.5 Å². The monoisotopic (exact) mass is 280 g/mol. The van der Waals surface area contributed by atoms with Crippen LogP contribution in [-0.2, 0) is 6.54 Å². The van der Waals surface area contributed by atoms with Crippen molar-refractivity contribution < 1.29 is 4.74 Å². The molecule has 3 nitrogen and oxygen atoms in total. The fraction of sp³-hybridized carbons (Fsp3) is 0.333. The van der Waals surface area contributed by atoms with E-state index >= 15 is 0 Å². The van der Waals surface area contributed by atoms with E-state index in [1.165, 1.54) is 24.1 Å². The molecule has 1 N–H and O–H groups in total. The second-order valence-corrected chi connectivity index (χ2v) is 5.79. The van der Waals surface area contributed by atoms with Gasteiger partial charge in [-0.1, -0.05) is 30.3 Å². The zero-order chi connectivity index (χ0) is 14.1. The molecular formula is C18H20N2O. The van der Waals surface area contributed by atoms with Crippen molar-refractivity contribution >= 4 is 5.69 Å². The number of nitrogens with zero attached hydrogens (tertiary/aromatic N) is 1. The number of piperidine rings is 1. The number of fused-ring (bicyclic) bond motifs is 2. The van der Waals surface area contributed by atoms with Crippen LogP contribution in [0.1, 0.15) is 18.4 Å². The van der Waals surface area contributed by atoms with Gasteiger partial charge in [-0.15, -0.1) is 0 Å². The SMILES string of the molecule is c1ccc2c(c1)CN(C1CCNCC1)c1ccccc1O2. The maximum absolute atomic E-state index is 6.17. The fourth-order valence-corrected chi connectivity index (χ4v) is 3.35. The summed E-state index contributed by atoms with van der Waals surface area (Å²) < 4.78 is 6.17. The van der Waals surface area contributed by atoms with Crippen LogP contribution in [0.4, 0.5) is 5.69 Å². The van der Waals surface area contributed by atoms with Gasteiger partial charge in [0.05, 0.1) is 5.69 Å². The molecule has 0 bridgehead atoms. The molecule has 4 rings (SSSR count). The van der Waals surface area contributed by atoms with Crippen molar-refractivity contribution in [1.82, 2.24) is 5.32 Å². The van der Waals surface area contributed by atoms with Crippen LogP contribution in [0.3, 0.4) is 0 Å². The number of nitrogens with one attached hydrogen (secondary N) is 1. The molecule has 2 heterocycles. The van der Waals surface area contributed by atoms with Crippen molar-refractivity contribution in [2.45, 2.75) is 25.4 Å². The predicted molar refractivity (Wildman–Crippen MR) is 85.0 cm³/mol. The van der Waals surface area contributed by atoms with Gasteiger partial charge in [-0.05, 0) is 44.1 Å². The number of benzene rings is 2. The number of para-hydroxylation sites is 3. The van der Waals surface area contributed by atoms with Crippen LogP contribution in [0.15, 0.2) is 48.5 Å². The summed E-state index contributed by atoms with van der Waals surface area (Å²) in [4.78, 5) is 2.53. The van der Waals surface area contributed by atoms with Gasteiger partial charge in [-0.25, -0.2) is 0 Å². The van der Waals surface area contributed by atoms with Crippen molar-refractivity contribution in [3.63, 3.8) is 0 Å². The number of anilines is 1. The number of hydrogen-bond donors (Lipinski definition) is 1. The molecule has 0 radical (unpaired) electrons. The lowest BCUT2D eigenvalue weighted by Gasteiger charge is -2.36. The minimum absolute atomic E-state index is 0.585. The van der Waals surface area contributed by atoms with Gasteiger partial charge in [0.2, 0.25) is 0 Å². The van der Waals surface area contributed by atoms with Gasteiger partial charge in [-0.2, -0.15) is 0 Å². The van der Waals surface area contributed by atoms with Gasteiger partial charge in [0.25, 0.3) is 0 Å². The molecule has 0 amide bonds. The molecule has 0 atom stereocenters. The van der Waals surface area contributed by atoms with Crippen LogP contribution in [0.5, 0.6) is 11.5 Å². The van der Waals surface area contributed by atoms with E-state index < -0.39 is 0 Å². The smallest absolute Gasteiger partial charge is 0.150 e. The van der Waals surface area contributed by atoms with Crippen LogP contribution >= 0.6 is 0 Å². The zero-order valence-corrected chi connectivity index (χ0v) is 12.1. The number of hydrogen-bond acceptors (Lipinski definition) is 3. The normalized spacial score (nSPS) is 18.4. The van der Waals surface area contributed by atoms with E-state index in [1.807, 2.05) is 12.1 Å². The van der Waals surface area contributed by atoms with Gasteiger partial charge < -0.3 is 15.0 Å². The molecule has 21 heavy (non-hydrogen) atoms. The molecule has 0 aromatic heterocycles. The Kier molecular flexibility index (Phi) is 3.28. The Balaban J connectivity index is 1.78. The quantitative estimate of drug-likeness (QED) is 0.864. The number of ether oxygens (including phenoxy) is 1. The average molecular weight is 280 g/mol. The van der Waals surface area contributed by atoms with E-state index in [-0.39, 0.29) is 0 Å². The summed E-state index contributed by atoms with van der Waals surface area (Å²) >= 11 is 0. The molecule has 0 aliphatic carbocycles. The second kappa shape index (κ2) is 5.41. The summed E-state index contributed by atoms with van der Waals surface area (Å²) in [6.07, 6.45) is 2.38. The largest absolute Gasteiger partial charge is 0.455 e. The van der Waals surface area contributed by atoms with Crippen molar-refractivity contribution in [3.05, 3.63) is 54.1 Å². The van der Waals surface area contributed by atoms with Gasteiger partial charge in [0, 0.05) is 18.2 Å². The third-order valence-corrected chi connectivity index (χ3v) is 4.46. The summed E-state index contributed by atoms with van der Waals surface area (Å²) in [5, 5.41) is 3.45. The Labute approximate surface area is 125 Å². The van der Waals surface area contributed by atoms with Crippen LogP contribution in [0, 0.1) is 0 Å². The Morgan fingerprint density at radius 2 is 1.62 bits per heavy atom. The molecule has 1 fully saturated rings. The molecule has 0 saturated carbocycles. The highest BCUT2D eigenvalue weighted by Gasteiger charge is 2.27.